The van der Waals surface area contributed by atoms with Gasteiger partial charge in [-0.3, -0.25) is 0 Å². The topological polar surface area (TPSA) is 41.6 Å². The lowest BCUT2D eigenvalue weighted by atomic mass is 9.62. The summed E-state index contributed by atoms with van der Waals surface area (Å²) in [5.74, 6) is 0. The van der Waals surface area contributed by atoms with E-state index in [2.05, 4.69) is 5.32 Å². The Labute approximate surface area is 119 Å². The molecule has 4 fully saturated rings. The van der Waals surface area contributed by atoms with Crippen molar-refractivity contribution in [1.29, 1.82) is 0 Å². The van der Waals surface area contributed by atoms with E-state index < -0.39 is 0 Å². The van der Waals surface area contributed by atoms with Crippen molar-refractivity contribution < 1.29 is 9.53 Å². The summed E-state index contributed by atoms with van der Waals surface area (Å²) in [5.41, 5.74) is 1.43. The van der Waals surface area contributed by atoms with Crippen LogP contribution in [-0.2, 0) is 11.3 Å². The van der Waals surface area contributed by atoms with Gasteiger partial charge in [-0.1, -0.05) is 30.3 Å². The molecule has 1 saturated carbocycles. The van der Waals surface area contributed by atoms with Gasteiger partial charge in [0.15, 0.2) is 0 Å². The van der Waals surface area contributed by atoms with Gasteiger partial charge in [-0.15, -0.1) is 0 Å². The summed E-state index contributed by atoms with van der Waals surface area (Å²) in [6.07, 6.45) is 3.63. The molecular formula is C16H20N2O2. The van der Waals surface area contributed by atoms with Crippen LogP contribution in [0.2, 0.25) is 0 Å². The van der Waals surface area contributed by atoms with Gasteiger partial charge < -0.3 is 15.0 Å². The number of hydrogen-bond acceptors (Lipinski definition) is 3. The molecule has 2 atom stereocenters. The van der Waals surface area contributed by atoms with Crippen LogP contribution in [0.15, 0.2) is 30.3 Å². The SMILES string of the molecule is O=C(OCc1ccccc1)N1CC2(CC3CC(C2)N3)C1. The van der Waals surface area contributed by atoms with Crippen molar-refractivity contribution in [3.8, 4) is 0 Å². The van der Waals surface area contributed by atoms with E-state index in [-0.39, 0.29) is 6.09 Å². The van der Waals surface area contributed by atoms with Gasteiger partial charge in [-0.2, -0.15) is 0 Å². The Kier molecular flexibility index (Phi) is 2.74. The number of hydrogen-bond donors (Lipinski definition) is 1. The van der Waals surface area contributed by atoms with Crippen molar-refractivity contribution in [3.63, 3.8) is 0 Å². The maximum absolute atomic E-state index is 12.0. The van der Waals surface area contributed by atoms with E-state index in [9.17, 15) is 4.79 Å². The quantitative estimate of drug-likeness (QED) is 0.897. The smallest absolute Gasteiger partial charge is 0.410 e. The van der Waals surface area contributed by atoms with Crippen molar-refractivity contribution in [2.75, 3.05) is 13.1 Å². The zero-order chi connectivity index (χ0) is 13.6. The summed E-state index contributed by atoms with van der Waals surface area (Å²) < 4.78 is 5.38. The highest BCUT2D eigenvalue weighted by Crippen LogP contribution is 2.48. The van der Waals surface area contributed by atoms with Crippen LogP contribution in [0.25, 0.3) is 0 Å². The predicted octanol–water partition coefficient (Wildman–Crippen LogP) is 2.15. The van der Waals surface area contributed by atoms with Crippen molar-refractivity contribution in [2.24, 2.45) is 5.41 Å². The van der Waals surface area contributed by atoms with Crippen LogP contribution in [0.1, 0.15) is 24.8 Å². The molecule has 2 bridgehead atoms. The molecule has 20 heavy (non-hydrogen) atoms. The highest BCUT2D eigenvalue weighted by molar-refractivity contribution is 5.69. The maximum atomic E-state index is 12.0. The average molecular weight is 272 g/mol. The lowest BCUT2D eigenvalue weighted by molar-refractivity contribution is -0.0700. The molecule has 106 valence electrons. The third-order valence-corrected chi connectivity index (χ3v) is 4.92. The minimum absolute atomic E-state index is 0.160. The van der Waals surface area contributed by atoms with Crippen molar-refractivity contribution in [1.82, 2.24) is 10.2 Å². The molecule has 4 aliphatic rings. The summed E-state index contributed by atoms with van der Waals surface area (Å²) in [6, 6.07) is 11.3. The highest BCUT2D eigenvalue weighted by Gasteiger charge is 2.54. The molecule has 1 aromatic rings. The monoisotopic (exact) mass is 272 g/mol. The van der Waals surface area contributed by atoms with Gasteiger partial charge in [-0.25, -0.2) is 4.79 Å². The van der Waals surface area contributed by atoms with Gasteiger partial charge in [0.25, 0.3) is 0 Å². The number of ether oxygens (including phenoxy) is 1. The maximum Gasteiger partial charge on any atom is 0.410 e. The third kappa shape index (κ3) is 2.08. The molecule has 1 spiro atoms. The van der Waals surface area contributed by atoms with Gasteiger partial charge in [-0.05, 0) is 24.8 Å². The fourth-order valence-electron chi connectivity index (χ4n) is 4.03. The molecular weight excluding hydrogens is 252 g/mol. The summed E-state index contributed by atoms with van der Waals surface area (Å²) in [4.78, 5) is 13.9. The van der Waals surface area contributed by atoms with E-state index in [1.807, 2.05) is 35.2 Å². The highest BCUT2D eigenvalue weighted by atomic mass is 16.6. The standard InChI is InChI=1S/C16H20N2O2/c19-15(20-9-12-4-2-1-3-5-12)18-10-16(11-18)7-13-6-14(8-16)17-13/h1-5,13-14,17H,6-11H2. The largest absolute Gasteiger partial charge is 0.445 e. The van der Waals surface area contributed by atoms with Gasteiger partial charge >= 0.3 is 6.09 Å². The fourth-order valence-corrected chi connectivity index (χ4v) is 4.03. The number of nitrogens with zero attached hydrogens (tertiary/aromatic N) is 1. The molecule has 3 aliphatic heterocycles. The van der Waals surface area contributed by atoms with Crippen LogP contribution >= 0.6 is 0 Å². The molecule has 1 aromatic carbocycles. The second kappa shape index (κ2) is 4.48. The molecule has 0 aromatic heterocycles. The number of carbonyl (C=O) groups is 1. The Bertz CT molecular complexity index is 492. The van der Waals surface area contributed by atoms with E-state index in [4.69, 9.17) is 4.74 Å². The van der Waals surface area contributed by atoms with Gasteiger partial charge in [0, 0.05) is 30.6 Å². The van der Waals surface area contributed by atoms with Gasteiger partial charge in [0.2, 0.25) is 0 Å². The number of piperidine rings is 1. The van der Waals surface area contributed by atoms with E-state index in [0.29, 0.717) is 24.1 Å². The fraction of sp³-hybridized carbons (Fsp3) is 0.562. The van der Waals surface area contributed by atoms with Gasteiger partial charge in [0.1, 0.15) is 6.61 Å². The molecule has 5 rings (SSSR count). The van der Waals surface area contributed by atoms with E-state index in [1.54, 1.807) is 0 Å². The number of amides is 1. The second-order valence-electron chi connectivity index (χ2n) is 6.60. The molecule has 3 heterocycles. The Morgan fingerprint density at radius 3 is 2.55 bits per heavy atom. The van der Waals surface area contributed by atoms with Crippen LogP contribution in [0.3, 0.4) is 0 Å². The van der Waals surface area contributed by atoms with E-state index >= 15 is 0 Å². The molecule has 3 saturated heterocycles. The molecule has 1 aliphatic carbocycles. The predicted molar refractivity (Wildman–Crippen MR) is 75.2 cm³/mol. The molecule has 1 amide bonds. The summed E-state index contributed by atoms with van der Waals surface area (Å²) in [6.45, 7) is 2.14. The first kappa shape index (κ1) is 12.2. The zero-order valence-corrected chi connectivity index (χ0v) is 11.5. The second-order valence-corrected chi connectivity index (χ2v) is 6.60. The van der Waals surface area contributed by atoms with Crippen LogP contribution in [-0.4, -0.2) is 36.2 Å². The molecule has 0 radical (unpaired) electrons. The minimum Gasteiger partial charge on any atom is -0.445 e. The first-order chi connectivity index (χ1) is 9.72. The summed E-state index contributed by atoms with van der Waals surface area (Å²) in [7, 11) is 0. The lowest BCUT2D eigenvalue weighted by Gasteiger charge is -2.60. The third-order valence-electron chi connectivity index (χ3n) is 4.92. The van der Waals surface area contributed by atoms with Crippen molar-refractivity contribution in [3.05, 3.63) is 35.9 Å². The Morgan fingerprint density at radius 1 is 1.25 bits per heavy atom. The Hall–Kier alpha value is -1.55. The number of benzene rings is 1. The average Bonchev–Trinajstić information content (AvgIpc) is 2.42. The summed E-state index contributed by atoms with van der Waals surface area (Å²) in [5, 5.41) is 3.56. The molecule has 1 N–H and O–H groups in total. The zero-order valence-electron chi connectivity index (χ0n) is 11.5. The number of rotatable bonds is 2. The van der Waals surface area contributed by atoms with Crippen LogP contribution in [0.4, 0.5) is 4.79 Å². The van der Waals surface area contributed by atoms with Crippen LogP contribution < -0.4 is 5.32 Å². The van der Waals surface area contributed by atoms with Crippen LogP contribution in [0.5, 0.6) is 0 Å². The molecule has 2 unspecified atom stereocenters. The number of carbonyl (C=O) groups excluding carboxylic acids is 1. The van der Waals surface area contributed by atoms with Crippen molar-refractivity contribution >= 4 is 6.09 Å². The van der Waals surface area contributed by atoms with Gasteiger partial charge in [0.05, 0.1) is 0 Å². The molecule has 4 nitrogen and oxygen atoms in total. The molecule has 4 heteroatoms. The first-order valence-corrected chi connectivity index (χ1v) is 7.44. The number of likely N-dealkylation sites (tertiary alicyclic amines) is 1. The van der Waals surface area contributed by atoms with E-state index in [1.165, 1.54) is 19.3 Å². The summed E-state index contributed by atoms with van der Waals surface area (Å²) >= 11 is 0. The van der Waals surface area contributed by atoms with Crippen LogP contribution in [0, 0.1) is 5.41 Å². The van der Waals surface area contributed by atoms with E-state index in [0.717, 1.165) is 18.7 Å². The number of nitrogens with one attached hydrogen (secondary N) is 1. The Morgan fingerprint density at radius 2 is 1.90 bits per heavy atom. The normalized spacial score (nSPS) is 29.5. The Balaban J connectivity index is 1.27. The lowest BCUT2D eigenvalue weighted by Crippen LogP contribution is -2.70. The first-order valence-electron chi connectivity index (χ1n) is 7.44. The van der Waals surface area contributed by atoms with Crippen molar-refractivity contribution in [2.45, 2.75) is 38.0 Å². The minimum atomic E-state index is -0.160.